The molecule has 0 saturated heterocycles. The summed E-state index contributed by atoms with van der Waals surface area (Å²) in [5.41, 5.74) is 5.65. The number of allylic oxidation sites excluding steroid dienone is 2. The van der Waals surface area contributed by atoms with Gasteiger partial charge in [0.25, 0.3) is 0 Å². The number of rotatable bonds is 4. The number of primary amides is 1. The molecule has 3 nitrogen and oxygen atoms in total. The number of carbonyl (C=O) groups is 1. The van der Waals surface area contributed by atoms with Crippen molar-refractivity contribution in [3.05, 3.63) is 42.2 Å². The third-order valence-corrected chi connectivity index (χ3v) is 2.12. The normalized spacial score (nSPS) is 10.6. The van der Waals surface area contributed by atoms with Crippen molar-refractivity contribution in [2.24, 2.45) is 5.73 Å². The van der Waals surface area contributed by atoms with Gasteiger partial charge in [-0.2, -0.15) is 0 Å². The molecule has 1 heterocycles. The Morgan fingerprint density at radius 3 is 2.57 bits per heavy atom. The van der Waals surface area contributed by atoms with Gasteiger partial charge in [0.2, 0.25) is 5.91 Å². The Kier molecular flexibility index (Phi) is 4.32. The molecule has 1 amide bonds. The number of aromatic nitrogens is 1. The fourth-order valence-electron chi connectivity index (χ4n) is 1.00. The fourth-order valence-corrected chi connectivity index (χ4v) is 1.27. The smallest absolute Gasteiger partial charge is 0.249 e. The van der Waals surface area contributed by atoms with Crippen LogP contribution >= 0.6 is 15.9 Å². The summed E-state index contributed by atoms with van der Waals surface area (Å²) < 4.78 is 1.96. The standard InChI is InChI=1S/C10H11BrN2O/c11-5-1-2-6-13-7-3-9(4-8-13)10(12)14/h1-4,7-8H,5-6H2,(H-,12,14)/p+1/b2-1+. The number of alkyl halides is 1. The monoisotopic (exact) mass is 255 g/mol. The summed E-state index contributed by atoms with van der Waals surface area (Å²) in [5.74, 6) is -0.395. The molecule has 0 radical (unpaired) electrons. The quantitative estimate of drug-likeness (QED) is 0.488. The fraction of sp³-hybridized carbons (Fsp3) is 0.200. The molecule has 1 aromatic heterocycles. The molecule has 4 heteroatoms. The molecule has 0 atom stereocenters. The van der Waals surface area contributed by atoms with Crippen molar-refractivity contribution in [2.45, 2.75) is 6.54 Å². The number of amides is 1. The van der Waals surface area contributed by atoms with Crippen LogP contribution in [0.25, 0.3) is 0 Å². The number of pyridine rings is 1. The average Bonchev–Trinajstić information content (AvgIpc) is 2.19. The minimum atomic E-state index is -0.395. The molecule has 0 fully saturated rings. The van der Waals surface area contributed by atoms with Crippen molar-refractivity contribution in [1.82, 2.24) is 0 Å². The first-order chi connectivity index (χ1) is 6.74. The third kappa shape index (κ3) is 3.30. The Hall–Kier alpha value is -1.16. The highest BCUT2D eigenvalue weighted by Crippen LogP contribution is 1.92. The summed E-state index contributed by atoms with van der Waals surface area (Å²) in [7, 11) is 0. The minimum absolute atomic E-state index is 0.395. The second kappa shape index (κ2) is 5.54. The first-order valence-corrected chi connectivity index (χ1v) is 5.36. The Balaban J connectivity index is 2.64. The van der Waals surface area contributed by atoms with E-state index in [1.54, 1.807) is 12.1 Å². The minimum Gasteiger partial charge on any atom is -0.366 e. The lowest BCUT2D eigenvalue weighted by Gasteiger charge is -1.93. The maximum absolute atomic E-state index is 10.8. The van der Waals surface area contributed by atoms with E-state index in [0.29, 0.717) is 5.56 Å². The van der Waals surface area contributed by atoms with Gasteiger partial charge < -0.3 is 5.73 Å². The van der Waals surface area contributed by atoms with Crippen LogP contribution in [0.4, 0.5) is 0 Å². The van der Waals surface area contributed by atoms with Crippen molar-refractivity contribution < 1.29 is 9.36 Å². The molecular weight excluding hydrogens is 244 g/mol. The van der Waals surface area contributed by atoms with Gasteiger partial charge in [-0.15, -0.1) is 0 Å². The molecule has 74 valence electrons. The van der Waals surface area contributed by atoms with Gasteiger partial charge >= 0.3 is 0 Å². The first-order valence-electron chi connectivity index (χ1n) is 4.24. The van der Waals surface area contributed by atoms with E-state index in [1.807, 2.05) is 29.1 Å². The van der Waals surface area contributed by atoms with Crippen LogP contribution in [0.3, 0.4) is 0 Å². The largest absolute Gasteiger partial charge is 0.366 e. The number of nitrogens with two attached hydrogens (primary N) is 1. The Bertz CT molecular complexity index is 332. The zero-order chi connectivity index (χ0) is 10.4. The third-order valence-electron chi connectivity index (χ3n) is 1.75. The summed E-state index contributed by atoms with van der Waals surface area (Å²) in [6.07, 6.45) is 7.73. The Labute approximate surface area is 91.4 Å². The highest BCUT2D eigenvalue weighted by Gasteiger charge is 2.02. The topological polar surface area (TPSA) is 47.0 Å². The second-order valence-corrected chi connectivity index (χ2v) is 3.42. The highest BCUT2D eigenvalue weighted by molar-refractivity contribution is 9.09. The van der Waals surface area contributed by atoms with Gasteiger partial charge in [0.1, 0.15) is 0 Å². The maximum atomic E-state index is 10.8. The van der Waals surface area contributed by atoms with Crippen LogP contribution in [0.2, 0.25) is 0 Å². The first kappa shape index (κ1) is 10.9. The molecule has 0 bridgehead atoms. The van der Waals surface area contributed by atoms with Gasteiger partial charge in [0.15, 0.2) is 18.9 Å². The van der Waals surface area contributed by atoms with Gasteiger partial charge in [-0.1, -0.05) is 22.0 Å². The SMILES string of the molecule is NC(=O)c1cc[n+](C/C=C/CBr)cc1. The van der Waals surface area contributed by atoms with Crippen molar-refractivity contribution in [2.75, 3.05) is 5.33 Å². The molecule has 0 unspecified atom stereocenters. The molecule has 1 aromatic rings. The van der Waals surface area contributed by atoms with Crippen molar-refractivity contribution in [3.63, 3.8) is 0 Å². The lowest BCUT2D eigenvalue weighted by atomic mass is 10.2. The van der Waals surface area contributed by atoms with Crippen molar-refractivity contribution >= 4 is 21.8 Å². The van der Waals surface area contributed by atoms with Gasteiger partial charge in [0, 0.05) is 17.5 Å². The summed E-state index contributed by atoms with van der Waals surface area (Å²) in [6.45, 7) is 0.796. The summed E-state index contributed by atoms with van der Waals surface area (Å²) in [5, 5.41) is 0.854. The van der Waals surface area contributed by atoms with Gasteiger partial charge in [0.05, 0.1) is 5.56 Å². The molecule has 0 aliphatic carbocycles. The molecule has 14 heavy (non-hydrogen) atoms. The van der Waals surface area contributed by atoms with E-state index in [4.69, 9.17) is 5.73 Å². The lowest BCUT2D eigenvalue weighted by Crippen LogP contribution is -2.32. The predicted octanol–water partition coefficient (Wildman–Crippen LogP) is 1.02. The maximum Gasteiger partial charge on any atom is 0.249 e. The van der Waals surface area contributed by atoms with Crippen LogP contribution in [-0.4, -0.2) is 11.2 Å². The van der Waals surface area contributed by atoms with E-state index in [0.717, 1.165) is 11.9 Å². The van der Waals surface area contributed by atoms with E-state index in [-0.39, 0.29) is 0 Å². The molecule has 0 aromatic carbocycles. The molecule has 2 N–H and O–H groups in total. The number of hydrogen-bond donors (Lipinski definition) is 1. The highest BCUT2D eigenvalue weighted by atomic mass is 79.9. The van der Waals surface area contributed by atoms with E-state index in [9.17, 15) is 4.79 Å². The number of hydrogen-bond acceptors (Lipinski definition) is 1. The van der Waals surface area contributed by atoms with Crippen LogP contribution < -0.4 is 10.3 Å². The molecule has 0 spiro atoms. The zero-order valence-corrected chi connectivity index (χ0v) is 9.28. The average molecular weight is 256 g/mol. The Morgan fingerprint density at radius 2 is 2.07 bits per heavy atom. The molecule has 0 aliphatic rings. The van der Waals surface area contributed by atoms with Crippen LogP contribution in [0, 0.1) is 0 Å². The van der Waals surface area contributed by atoms with Crippen LogP contribution in [0.5, 0.6) is 0 Å². The number of halogens is 1. The molecular formula is C10H12BrN2O+. The second-order valence-electron chi connectivity index (χ2n) is 2.77. The Morgan fingerprint density at radius 1 is 1.43 bits per heavy atom. The number of nitrogens with zero attached hydrogens (tertiary/aromatic N) is 1. The van der Waals surface area contributed by atoms with E-state index in [2.05, 4.69) is 15.9 Å². The van der Waals surface area contributed by atoms with Gasteiger partial charge in [-0.3, -0.25) is 4.79 Å². The molecule has 0 saturated carbocycles. The lowest BCUT2D eigenvalue weighted by molar-refractivity contribution is -0.687. The van der Waals surface area contributed by atoms with Crippen molar-refractivity contribution in [3.8, 4) is 0 Å². The zero-order valence-electron chi connectivity index (χ0n) is 7.69. The van der Waals surface area contributed by atoms with Crippen LogP contribution in [-0.2, 0) is 6.54 Å². The van der Waals surface area contributed by atoms with Gasteiger partial charge in [-0.25, -0.2) is 4.57 Å². The summed E-state index contributed by atoms with van der Waals surface area (Å²) >= 11 is 3.30. The number of carbonyl (C=O) groups excluding carboxylic acids is 1. The summed E-state index contributed by atoms with van der Waals surface area (Å²) in [6, 6.07) is 3.43. The van der Waals surface area contributed by atoms with E-state index >= 15 is 0 Å². The van der Waals surface area contributed by atoms with E-state index in [1.165, 1.54) is 0 Å². The van der Waals surface area contributed by atoms with Gasteiger partial charge in [-0.05, 0) is 6.08 Å². The molecule has 0 aliphatic heterocycles. The predicted molar refractivity (Wildman–Crippen MR) is 58.1 cm³/mol. The van der Waals surface area contributed by atoms with Crippen LogP contribution in [0.15, 0.2) is 36.7 Å². The van der Waals surface area contributed by atoms with Crippen molar-refractivity contribution in [1.29, 1.82) is 0 Å². The van der Waals surface area contributed by atoms with Crippen LogP contribution in [0.1, 0.15) is 10.4 Å². The molecule has 1 rings (SSSR count). The summed E-state index contributed by atoms with van der Waals surface area (Å²) in [4.78, 5) is 10.8. The van der Waals surface area contributed by atoms with E-state index < -0.39 is 5.91 Å².